The topological polar surface area (TPSA) is 18.5 Å². The van der Waals surface area contributed by atoms with E-state index in [0.717, 1.165) is 19.3 Å². The molecule has 0 N–H and O–H groups in total. The molecule has 0 aromatic carbocycles. The van der Waals surface area contributed by atoms with Crippen LogP contribution in [0.2, 0.25) is 18.1 Å². The molecule has 22 heavy (non-hydrogen) atoms. The van der Waals surface area contributed by atoms with Crippen molar-refractivity contribution in [1.82, 2.24) is 0 Å². The highest BCUT2D eigenvalue weighted by Crippen LogP contribution is 2.54. The van der Waals surface area contributed by atoms with Crippen LogP contribution in [-0.2, 0) is 9.16 Å². The van der Waals surface area contributed by atoms with E-state index in [1.165, 1.54) is 11.1 Å². The molecule has 4 atom stereocenters. The van der Waals surface area contributed by atoms with E-state index in [2.05, 4.69) is 59.9 Å². The van der Waals surface area contributed by atoms with E-state index in [9.17, 15) is 0 Å². The first-order valence-corrected chi connectivity index (χ1v) is 11.8. The van der Waals surface area contributed by atoms with E-state index in [4.69, 9.17) is 9.16 Å². The summed E-state index contributed by atoms with van der Waals surface area (Å²) in [5.41, 5.74) is 2.79. The Morgan fingerprint density at radius 3 is 2.64 bits per heavy atom. The maximum Gasteiger partial charge on any atom is 0.192 e. The molecule has 124 valence electrons. The molecule has 0 amide bonds. The van der Waals surface area contributed by atoms with E-state index in [1.54, 1.807) is 0 Å². The van der Waals surface area contributed by atoms with Crippen molar-refractivity contribution in [2.75, 3.05) is 0 Å². The van der Waals surface area contributed by atoms with Gasteiger partial charge < -0.3 is 9.16 Å². The average molecular weight is 321 g/mol. The third kappa shape index (κ3) is 2.37. The average Bonchev–Trinajstić information content (AvgIpc) is 2.87. The largest absolute Gasteiger partial charge is 0.413 e. The Morgan fingerprint density at radius 1 is 1.36 bits per heavy atom. The SMILES string of the molecule is CCC1=C[C@@H]2[C@@H](O[Si](C)(C)C(C)(C)C)CC[C@@]23C=C(C)[C@@H]1O3. The summed E-state index contributed by atoms with van der Waals surface area (Å²) in [4.78, 5) is 0. The van der Waals surface area contributed by atoms with Gasteiger partial charge in [0.25, 0.3) is 0 Å². The summed E-state index contributed by atoms with van der Waals surface area (Å²) in [7, 11) is -1.73. The van der Waals surface area contributed by atoms with Crippen LogP contribution in [0.25, 0.3) is 0 Å². The molecule has 3 heteroatoms. The fraction of sp³-hybridized carbons (Fsp3) is 0.789. The third-order valence-corrected chi connectivity index (χ3v) is 10.9. The summed E-state index contributed by atoms with van der Waals surface area (Å²) in [6.07, 6.45) is 8.80. The first kappa shape index (κ1) is 16.5. The van der Waals surface area contributed by atoms with Gasteiger partial charge in [0.2, 0.25) is 0 Å². The monoisotopic (exact) mass is 320 g/mol. The molecule has 1 saturated carbocycles. The van der Waals surface area contributed by atoms with Crippen molar-refractivity contribution < 1.29 is 9.16 Å². The van der Waals surface area contributed by atoms with Gasteiger partial charge in [0.1, 0.15) is 6.10 Å². The summed E-state index contributed by atoms with van der Waals surface area (Å²) in [6, 6.07) is 0. The van der Waals surface area contributed by atoms with Crippen LogP contribution >= 0.6 is 0 Å². The highest BCUT2D eigenvalue weighted by atomic mass is 28.4. The van der Waals surface area contributed by atoms with Gasteiger partial charge in [-0.05, 0) is 55.5 Å². The van der Waals surface area contributed by atoms with Gasteiger partial charge in [-0.15, -0.1) is 0 Å². The minimum atomic E-state index is -1.73. The van der Waals surface area contributed by atoms with Crippen molar-refractivity contribution in [3.8, 4) is 0 Å². The quantitative estimate of drug-likeness (QED) is 0.524. The van der Waals surface area contributed by atoms with Crippen molar-refractivity contribution in [1.29, 1.82) is 0 Å². The lowest BCUT2D eigenvalue weighted by Gasteiger charge is -2.42. The zero-order valence-electron chi connectivity index (χ0n) is 15.3. The summed E-state index contributed by atoms with van der Waals surface area (Å²) in [5, 5.41) is 0.263. The van der Waals surface area contributed by atoms with E-state index >= 15 is 0 Å². The Balaban J connectivity index is 1.89. The predicted octanol–water partition coefficient (Wildman–Crippen LogP) is 5.22. The first-order chi connectivity index (χ1) is 10.1. The number of fused-ring (bicyclic) bond motifs is 1. The Hall–Kier alpha value is -0.383. The van der Waals surface area contributed by atoms with Crippen molar-refractivity contribution in [3.63, 3.8) is 0 Å². The summed E-state index contributed by atoms with van der Waals surface area (Å²) >= 11 is 0. The van der Waals surface area contributed by atoms with Crippen LogP contribution in [0, 0.1) is 5.92 Å². The lowest BCUT2D eigenvalue weighted by atomic mass is 9.87. The van der Waals surface area contributed by atoms with Gasteiger partial charge >= 0.3 is 0 Å². The first-order valence-electron chi connectivity index (χ1n) is 8.85. The smallest absolute Gasteiger partial charge is 0.192 e. The second-order valence-corrected chi connectivity index (χ2v) is 13.7. The normalized spacial score (nSPS) is 37.9. The Morgan fingerprint density at radius 2 is 2.05 bits per heavy atom. The summed E-state index contributed by atoms with van der Waals surface area (Å²) in [6.45, 7) is 16.2. The fourth-order valence-corrected chi connectivity index (χ4v) is 5.44. The van der Waals surface area contributed by atoms with Crippen LogP contribution in [-0.4, -0.2) is 26.1 Å². The molecule has 0 radical (unpaired) electrons. The molecular weight excluding hydrogens is 288 g/mol. The van der Waals surface area contributed by atoms with E-state index in [1.807, 2.05) is 0 Å². The van der Waals surface area contributed by atoms with E-state index < -0.39 is 8.32 Å². The highest BCUT2D eigenvalue weighted by Gasteiger charge is 2.56. The Labute approximate surface area is 137 Å². The summed E-state index contributed by atoms with van der Waals surface area (Å²) < 4.78 is 13.3. The second kappa shape index (κ2) is 5.06. The zero-order valence-corrected chi connectivity index (χ0v) is 16.3. The van der Waals surface area contributed by atoms with Crippen LogP contribution in [0.15, 0.2) is 23.3 Å². The van der Waals surface area contributed by atoms with Gasteiger partial charge in [0, 0.05) is 5.92 Å². The van der Waals surface area contributed by atoms with Crippen LogP contribution in [0.4, 0.5) is 0 Å². The molecule has 0 unspecified atom stereocenters. The molecule has 2 bridgehead atoms. The molecule has 3 aliphatic rings. The molecule has 2 nitrogen and oxygen atoms in total. The van der Waals surface area contributed by atoms with Crippen LogP contribution < -0.4 is 0 Å². The minimum Gasteiger partial charge on any atom is -0.413 e. The number of rotatable bonds is 3. The van der Waals surface area contributed by atoms with Crippen molar-refractivity contribution >= 4 is 8.32 Å². The van der Waals surface area contributed by atoms with Crippen molar-refractivity contribution in [2.24, 2.45) is 5.92 Å². The molecule has 2 heterocycles. The number of hydrogen-bond donors (Lipinski definition) is 0. The molecule has 0 aromatic rings. The lowest BCUT2D eigenvalue weighted by molar-refractivity contribution is -0.0510. The highest BCUT2D eigenvalue weighted by molar-refractivity contribution is 6.74. The minimum absolute atomic E-state index is 0.0690. The summed E-state index contributed by atoms with van der Waals surface area (Å²) in [5.74, 6) is 0.408. The predicted molar refractivity (Wildman–Crippen MR) is 94.5 cm³/mol. The molecule has 1 fully saturated rings. The Kier molecular flexibility index (Phi) is 3.79. The van der Waals surface area contributed by atoms with Gasteiger partial charge in [-0.1, -0.05) is 39.8 Å². The number of hydrogen-bond acceptors (Lipinski definition) is 2. The van der Waals surface area contributed by atoms with Gasteiger partial charge in [-0.3, -0.25) is 0 Å². The van der Waals surface area contributed by atoms with Crippen LogP contribution in [0.5, 0.6) is 0 Å². The maximum atomic E-state index is 6.79. The molecule has 1 aliphatic carbocycles. The molecule has 0 saturated heterocycles. The molecule has 2 aliphatic heterocycles. The van der Waals surface area contributed by atoms with Gasteiger partial charge in [0.15, 0.2) is 8.32 Å². The Bertz CT molecular complexity index is 526. The van der Waals surface area contributed by atoms with E-state index in [0.29, 0.717) is 12.0 Å². The van der Waals surface area contributed by atoms with Gasteiger partial charge in [0.05, 0.1) is 11.7 Å². The second-order valence-electron chi connectivity index (χ2n) is 8.92. The number of ether oxygens (including phenoxy) is 1. The van der Waals surface area contributed by atoms with Crippen molar-refractivity contribution in [2.45, 2.75) is 89.8 Å². The maximum absolute atomic E-state index is 6.79. The molecule has 1 spiro atoms. The molecule has 3 rings (SSSR count). The zero-order chi connectivity index (χ0) is 16.3. The fourth-order valence-electron chi connectivity index (χ4n) is 4.07. The van der Waals surface area contributed by atoms with Gasteiger partial charge in [-0.25, -0.2) is 0 Å². The van der Waals surface area contributed by atoms with Crippen LogP contribution in [0.3, 0.4) is 0 Å². The molecule has 0 aromatic heterocycles. The van der Waals surface area contributed by atoms with Crippen LogP contribution in [0.1, 0.15) is 53.9 Å². The van der Waals surface area contributed by atoms with Crippen molar-refractivity contribution in [3.05, 3.63) is 23.3 Å². The molecular formula is C19H32O2Si. The third-order valence-electron chi connectivity index (χ3n) is 6.40. The standard InChI is InChI=1S/C19H32O2Si/c1-8-14-11-15-16(21-22(6,7)18(3,4)5)9-10-19(15)12-13(2)17(14)20-19/h11-12,15-17H,8-10H2,1-7H3/t15-,16+,17+,19-/m1/s1. The lowest BCUT2D eigenvalue weighted by Crippen LogP contribution is -2.47. The van der Waals surface area contributed by atoms with Gasteiger partial charge in [-0.2, -0.15) is 0 Å². The van der Waals surface area contributed by atoms with E-state index in [-0.39, 0.29) is 16.7 Å².